The SMILES string of the molecule is OCCCc1cccc(NC(c2ccccc2)C2CC2)c1. The highest BCUT2D eigenvalue weighted by Crippen LogP contribution is 2.42. The Morgan fingerprint density at radius 3 is 2.57 bits per heavy atom. The fourth-order valence-electron chi connectivity index (χ4n) is 2.84. The summed E-state index contributed by atoms with van der Waals surface area (Å²) < 4.78 is 0. The molecule has 2 aromatic carbocycles. The van der Waals surface area contributed by atoms with E-state index in [-0.39, 0.29) is 6.61 Å². The van der Waals surface area contributed by atoms with Crippen LogP contribution >= 0.6 is 0 Å². The number of hydrogen-bond acceptors (Lipinski definition) is 2. The van der Waals surface area contributed by atoms with Gasteiger partial charge in [-0.25, -0.2) is 0 Å². The molecule has 1 unspecified atom stereocenters. The molecule has 0 aliphatic heterocycles. The number of aryl methyl sites for hydroxylation is 1. The molecule has 1 fully saturated rings. The van der Waals surface area contributed by atoms with Crippen LogP contribution in [0.4, 0.5) is 5.69 Å². The maximum Gasteiger partial charge on any atom is 0.0542 e. The molecule has 0 saturated heterocycles. The molecule has 2 N–H and O–H groups in total. The molecule has 0 spiro atoms. The van der Waals surface area contributed by atoms with Crippen molar-refractivity contribution < 1.29 is 5.11 Å². The van der Waals surface area contributed by atoms with Crippen LogP contribution in [0.5, 0.6) is 0 Å². The van der Waals surface area contributed by atoms with E-state index in [1.807, 2.05) is 0 Å². The van der Waals surface area contributed by atoms with Gasteiger partial charge in [0.15, 0.2) is 0 Å². The summed E-state index contributed by atoms with van der Waals surface area (Å²) in [6, 6.07) is 19.7. The molecule has 1 saturated carbocycles. The van der Waals surface area contributed by atoms with Gasteiger partial charge in [0, 0.05) is 12.3 Å². The molecule has 2 nitrogen and oxygen atoms in total. The smallest absolute Gasteiger partial charge is 0.0542 e. The minimum Gasteiger partial charge on any atom is -0.396 e. The van der Waals surface area contributed by atoms with Crippen molar-refractivity contribution in [2.75, 3.05) is 11.9 Å². The van der Waals surface area contributed by atoms with E-state index < -0.39 is 0 Å². The van der Waals surface area contributed by atoms with Gasteiger partial charge in [-0.2, -0.15) is 0 Å². The largest absolute Gasteiger partial charge is 0.396 e. The lowest BCUT2D eigenvalue weighted by Gasteiger charge is -2.20. The van der Waals surface area contributed by atoms with Gasteiger partial charge in [-0.05, 0) is 54.9 Å². The van der Waals surface area contributed by atoms with Gasteiger partial charge in [-0.15, -0.1) is 0 Å². The second kappa shape index (κ2) is 6.77. The molecule has 0 aromatic heterocycles. The first-order valence-corrected chi connectivity index (χ1v) is 7.88. The van der Waals surface area contributed by atoms with Crippen LogP contribution in [0.1, 0.15) is 36.4 Å². The van der Waals surface area contributed by atoms with Crippen LogP contribution in [0, 0.1) is 5.92 Å². The van der Waals surface area contributed by atoms with Crippen LogP contribution in [0.3, 0.4) is 0 Å². The third-order valence-electron chi connectivity index (χ3n) is 4.12. The Morgan fingerprint density at radius 1 is 1.05 bits per heavy atom. The average Bonchev–Trinajstić information content (AvgIpc) is 3.37. The van der Waals surface area contributed by atoms with E-state index in [1.54, 1.807) is 0 Å². The van der Waals surface area contributed by atoms with Gasteiger partial charge in [0.25, 0.3) is 0 Å². The van der Waals surface area contributed by atoms with Crippen molar-refractivity contribution in [1.29, 1.82) is 0 Å². The van der Waals surface area contributed by atoms with Gasteiger partial charge < -0.3 is 10.4 Å². The Morgan fingerprint density at radius 2 is 1.86 bits per heavy atom. The highest BCUT2D eigenvalue weighted by molar-refractivity contribution is 5.48. The number of aliphatic hydroxyl groups is 1. The van der Waals surface area contributed by atoms with Crippen molar-refractivity contribution in [3.63, 3.8) is 0 Å². The number of rotatable bonds is 7. The first kappa shape index (κ1) is 14.2. The molecule has 21 heavy (non-hydrogen) atoms. The third-order valence-corrected chi connectivity index (χ3v) is 4.12. The number of benzene rings is 2. The Kier molecular flexibility index (Phi) is 4.56. The topological polar surface area (TPSA) is 32.3 Å². The van der Waals surface area contributed by atoms with Gasteiger partial charge in [-0.1, -0.05) is 42.5 Å². The predicted molar refractivity (Wildman–Crippen MR) is 87.4 cm³/mol. The average molecular weight is 281 g/mol. The molecule has 0 amide bonds. The molecule has 3 rings (SSSR count). The zero-order valence-corrected chi connectivity index (χ0v) is 12.3. The highest BCUT2D eigenvalue weighted by atomic mass is 16.2. The van der Waals surface area contributed by atoms with Crippen LogP contribution in [0.15, 0.2) is 54.6 Å². The molecule has 0 bridgehead atoms. The van der Waals surface area contributed by atoms with Crippen molar-refractivity contribution in [2.45, 2.75) is 31.7 Å². The van der Waals surface area contributed by atoms with Gasteiger partial charge in [0.05, 0.1) is 6.04 Å². The highest BCUT2D eigenvalue weighted by Gasteiger charge is 2.32. The van der Waals surface area contributed by atoms with Gasteiger partial charge >= 0.3 is 0 Å². The van der Waals surface area contributed by atoms with Crippen LogP contribution in [0.2, 0.25) is 0 Å². The monoisotopic (exact) mass is 281 g/mol. The minimum atomic E-state index is 0.256. The summed E-state index contributed by atoms with van der Waals surface area (Å²) in [7, 11) is 0. The Bertz CT molecular complexity index is 563. The molecule has 0 heterocycles. The normalized spacial score (nSPS) is 15.7. The lowest BCUT2D eigenvalue weighted by molar-refractivity contribution is 0.288. The Balaban J connectivity index is 1.74. The Hall–Kier alpha value is -1.80. The maximum atomic E-state index is 8.96. The zero-order chi connectivity index (χ0) is 14.5. The number of anilines is 1. The molecule has 1 aliphatic carbocycles. The van der Waals surface area contributed by atoms with Crippen LogP contribution in [0.25, 0.3) is 0 Å². The van der Waals surface area contributed by atoms with E-state index in [0.717, 1.165) is 18.8 Å². The van der Waals surface area contributed by atoms with Crippen molar-refractivity contribution in [1.82, 2.24) is 0 Å². The summed E-state index contributed by atoms with van der Waals surface area (Å²) in [6.45, 7) is 0.256. The number of nitrogens with one attached hydrogen (secondary N) is 1. The second-order valence-electron chi connectivity index (χ2n) is 5.90. The van der Waals surface area contributed by atoms with Crippen molar-refractivity contribution >= 4 is 5.69 Å². The van der Waals surface area contributed by atoms with Crippen molar-refractivity contribution in [2.24, 2.45) is 5.92 Å². The molecule has 2 aromatic rings. The van der Waals surface area contributed by atoms with E-state index in [1.165, 1.54) is 29.7 Å². The molecule has 2 heteroatoms. The summed E-state index contributed by atoms with van der Waals surface area (Å²) in [4.78, 5) is 0. The van der Waals surface area contributed by atoms with Gasteiger partial charge in [-0.3, -0.25) is 0 Å². The standard InChI is InChI=1S/C19H23NO/c21-13-5-7-15-6-4-10-18(14-15)20-19(17-11-12-17)16-8-2-1-3-9-16/h1-4,6,8-10,14,17,19-21H,5,7,11-13H2. The van der Waals surface area contributed by atoms with E-state index in [9.17, 15) is 0 Å². The Labute approximate surface area is 126 Å². The third kappa shape index (κ3) is 3.85. The van der Waals surface area contributed by atoms with Gasteiger partial charge in [0.2, 0.25) is 0 Å². The van der Waals surface area contributed by atoms with Crippen molar-refractivity contribution in [3.8, 4) is 0 Å². The molecule has 1 atom stereocenters. The van der Waals surface area contributed by atoms with Gasteiger partial charge in [0.1, 0.15) is 0 Å². The second-order valence-corrected chi connectivity index (χ2v) is 5.90. The number of hydrogen-bond donors (Lipinski definition) is 2. The fourth-order valence-corrected chi connectivity index (χ4v) is 2.84. The van der Waals surface area contributed by atoms with Crippen molar-refractivity contribution in [3.05, 3.63) is 65.7 Å². The van der Waals surface area contributed by atoms with Crippen LogP contribution < -0.4 is 5.32 Å². The first-order chi connectivity index (χ1) is 10.4. The summed E-state index contributed by atoms with van der Waals surface area (Å²) in [5, 5.41) is 12.7. The lowest BCUT2D eigenvalue weighted by atomic mass is 10.0. The quantitative estimate of drug-likeness (QED) is 0.798. The minimum absolute atomic E-state index is 0.256. The van der Waals surface area contributed by atoms with E-state index in [2.05, 4.69) is 59.9 Å². The van der Waals surface area contributed by atoms with E-state index in [0.29, 0.717) is 6.04 Å². The number of aliphatic hydroxyl groups excluding tert-OH is 1. The molecule has 110 valence electrons. The summed E-state index contributed by atoms with van der Waals surface area (Å²) in [6.07, 6.45) is 4.40. The van der Waals surface area contributed by atoms with Crippen LogP contribution in [-0.4, -0.2) is 11.7 Å². The zero-order valence-electron chi connectivity index (χ0n) is 12.3. The fraction of sp³-hybridized carbons (Fsp3) is 0.368. The summed E-state index contributed by atoms with van der Waals surface area (Å²) in [5.74, 6) is 0.758. The molecule has 0 radical (unpaired) electrons. The van der Waals surface area contributed by atoms with E-state index >= 15 is 0 Å². The van der Waals surface area contributed by atoms with E-state index in [4.69, 9.17) is 5.11 Å². The molecular weight excluding hydrogens is 258 g/mol. The molecule has 1 aliphatic rings. The first-order valence-electron chi connectivity index (χ1n) is 7.88. The predicted octanol–water partition coefficient (Wildman–Crippen LogP) is 4.17. The van der Waals surface area contributed by atoms with Crippen LogP contribution in [-0.2, 0) is 6.42 Å². The summed E-state index contributed by atoms with van der Waals surface area (Å²) >= 11 is 0. The lowest BCUT2D eigenvalue weighted by Crippen LogP contribution is -2.12. The maximum absolute atomic E-state index is 8.96. The summed E-state index contributed by atoms with van der Waals surface area (Å²) in [5.41, 5.74) is 3.85. The molecular formula is C19H23NO.